The molecule has 0 aliphatic rings. The molecule has 36 heavy (non-hydrogen) atoms. The van der Waals surface area contributed by atoms with Crippen LogP contribution in [-0.4, -0.2) is 40.1 Å². The van der Waals surface area contributed by atoms with Crippen LogP contribution in [0.1, 0.15) is 32.0 Å². The predicted octanol–water partition coefficient (Wildman–Crippen LogP) is 5.99. The molecular formula is C25H27F2N3O4S2. The number of carbonyl (C=O) groups is 2. The summed E-state index contributed by atoms with van der Waals surface area (Å²) in [6, 6.07) is 9.82. The van der Waals surface area contributed by atoms with Gasteiger partial charge in [-0.25, -0.2) is 22.8 Å². The van der Waals surface area contributed by atoms with Crippen molar-refractivity contribution in [1.29, 1.82) is 0 Å². The number of ether oxygens (including phenoxy) is 1. The Morgan fingerprint density at radius 2 is 1.78 bits per heavy atom. The van der Waals surface area contributed by atoms with Crippen molar-refractivity contribution in [2.75, 3.05) is 18.2 Å². The summed E-state index contributed by atoms with van der Waals surface area (Å²) >= 11 is 1.02. The molecule has 0 aliphatic heterocycles. The number of aromatic nitrogens is 1. The highest BCUT2D eigenvalue weighted by atomic mass is 32.2. The number of hydrogen-bond acceptors (Lipinski definition) is 6. The number of likely N-dealkylation sites (N-methyl/N-ethyl adjacent to an activating group) is 1. The molecule has 0 saturated heterocycles. The maximum Gasteiger partial charge on any atom is 0.442 e. The molecule has 1 atom stereocenters. The minimum absolute atomic E-state index is 0.0279. The van der Waals surface area contributed by atoms with Crippen LogP contribution < -0.4 is 4.90 Å². The fourth-order valence-electron chi connectivity index (χ4n) is 3.25. The lowest BCUT2D eigenvalue weighted by Crippen LogP contribution is -2.27. The summed E-state index contributed by atoms with van der Waals surface area (Å²) in [4.78, 5) is 30.6. The van der Waals surface area contributed by atoms with Crippen molar-refractivity contribution in [1.82, 2.24) is 4.98 Å². The Hall–Kier alpha value is -3.18. The first-order chi connectivity index (χ1) is 16.7. The number of anilines is 1. The molecule has 0 fully saturated rings. The maximum absolute atomic E-state index is 14.0. The fraction of sp³-hybridized carbons (Fsp3) is 0.320. The summed E-state index contributed by atoms with van der Waals surface area (Å²) in [6.07, 6.45) is 0.418. The second-order valence-electron chi connectivity index (χ2n) is 9.19. The van der Waals surface area contributed by atoms with E-state index in [1.165, 1.54) is 11.2 Å². The topological polar surface area (TPSA) is 88.9 Å². The number of halogens is 2. The normalized spacial score (nSPS) is 13.1. The van der Waals surface area contributed by atoms with Crippen molar-refractivity contribution in [2.45, 2.75) is 43.9 Å². The second kappa shape index (κ2) is 10.4. The molecule has 7 nitrogen and oxygen atoms in total. The van der Waals surface area contributed by atoms with Crippen LogP contribution in [0.2, 0.25) is 0 Å². The first-order valence-corrected chi connectivity index (χ1v) is 13.6. The van der Waals surface area contributed by atoms with E-state index in [-0.39, 0.29) is 22.1 Å². The van der Waals surface area contributed by atoms with Gasteiger partial charge in [0.15, 0.2) is 5.13 Å². The van der Waals surface area contributed by atoms with Gasteiger partial charge in [0.05, 0.1) is 21.8 Å². The summed E-state index contributed by atoms with van der Waals surface area (Å²) in [5.41, 5.74) is 0.912. The van der Waals surface area contributed by atoms with Crippen LogP contribution in [0.5, 0.6) is 0 Å². The lowest BCUT2D eigenvalue weighted by atomic mass is 10.0. The number of hydrogen-bond donors (Lipinski definition) is 0. The van der Waals surface area contributed by atoms with Crippen molar-refractivity contribution in [3.05, 3.63) is 65.4 Å². The van der Waals surface area contributed by atoms with Crippen LogP contribution in [0.4, 0.5) is 18.7 Å². The maximum atomic E-state index is 14.0. The SMILES string of the molecule is Cc1nc(N(C)C(=O)Cc2ccc(-c3cc(F)ccc3F)cc2)sc1[S@](C)(=O)=NC(=O)OC(C)(C)C. The van der Waals surface area contributed by atoms with Gasteiger partial charge in [0.25, 0.3) is 0 Å². The molecular weight excluding hydrogens is 508 g/mol. The summed E-state index contributed by atoms with van der Waals surface area (Å²) < 4.78 is 49.8. The number of nitrogens with zero attached hydrogens (tertiary/aromatic N) is 3. The van der Waals surface area contributed by atoms with Crippen LogP contribution in [0.15, 0.2) is 51.0 Å². The molecule has 0 unspecified atom stereocenters. The van der Waals surface area contributed by atoms with E-state index in [2.05, 4.69) is 9.35 Å². The van der Waals surface area contributed by atoms with Crippen molar-refractivity contribution in [3.63, 3.8) is 0 Å². The largest absolute Gasteiger partial charge is 0.442 e. The molecule has 0 radical (unpaired) electrons. The van der Waals surface area contributed by atoms with Crippen LogP contribution in [0, 0.1) is 18.6 Å². The van der Waals surface area contributed by atoms with Gasteiger partial charge in [-0.2, -0.15) is 0 Å². The molecule has 0 bridgehead atoms. The zero-order valence-electron chi connectivity index (χ0n) is 20.8. The van der Waals surface area contributed by atoms with E-state index in [9.17, 15) is 22.6 Å². The lowest BCUT2D eigenvalue weighted by Gasteiger charge is -2.17. The Balaban J connectivity index is 1.76. The van der Waals surface area contributed by atoms with E-state index in [4.69, 9.17) is 4.74 Å². The number of thiazole rings is 1. The number of benzene rings is 2. The zero-order valence-corrected chi connectivity index (χ0v) is 22.4. The molecule has 0 saturated carbocycles. The molecule has 1 aromatic heterocycles. The quantitative estimate of drug-likeness (QED) is 0.400. The average Bonchev–Trinajstić information content (AvgIpc) is 3.16. The third kappa shape index (κ3) is 6.73. The second-order valence-corrected chi connectivity index (χ2v) is 12.6. The van der Waals surface area contributed by atoms with Gasteiger partial charge in [-0.1, -0.05) is 35.6 Å². The van der Waals surface area contributed by atoms with E-state index in [1.54, 1.807) is 59.0 Å². The Morgan fingerprint density at radius 1 is 1.14 bits per heavy atom. The first kappa shape index (κ1) is 27.4. The number of amides is 2. The van der Waals surface area contributed by atoms with Gasteiger partial charge in [-0.3, -0.25) is 9.69 Å². The van der Waals surface area contributed by atoms with Gasteiger partial charge in [0.2, 0.25) is 5.91 Å². The molecule has 3 aromatic rings. The smallest absolute Gasteiger partial charge is 0.442 e. The van der Waals surface area contributed by atoms with Crippen molar-refractivity contribution < 1.29 is 27.3 Å². The number of carbonyl (C=O) groups excluding carboxylic acids is 2. The molecule has 192 valence electrons. The standard InChI is InChI=1S/C25H27F2N3O4S2/c1-15-22(36(6,33)29-24(32)34-25(2,3)4)35-23(28-15)30(5)21(31)13-16-7-9-17(10-8-16)19-14-18(26)11-12-20(19)27/h7-12,14H,13H2,1-6H3/t36-/m0/s1. The van der Waals surface area contributed by atoms with Crippen LogP contribution in [0.25, 0.3) is 11.1 Å². The van der Waals surface area contributed by atoms with Gasteiger partial charge in [0.1, 0.15) is 21.4 Å². The van der Waals surface area contributed by atoms with E-state index in [0.29, 0.717) is 22.0 Å². The van der Waals surface area contributed by atoms with E-state index < -0.39 is 33.1 Å². The lowest BCUT2D eigenvalue weighted by molar-refractivity contribution is -0.117. The summed E-state index contributed by atoms with van der Waals surface area (Å²) in [5, 5.41) is 0.305. The highest BCUT2D eigenvalue weighted by Crippen LogP contribution is 2.31. The van der Waals surface area contributed by atoms with Crippen LogP contribution in [0.3, 0.4) is 0 Å². The molecule has 1 heterocycles. The van der Waals surface area contributed by atoms with Gasteiger partial charge < -0.3 is 4.74 Å². The Bertz CT molecular complexity index is 1420. The minimum atomic E-state index is -3.14. The van der Waals surface area contributed by atoms with Crippen molar-refractivity contribution in [2.24, 2.45) is 4.36 Å². The van der Waals surface area contributed by atoms with Crippen molar-refractivity contribution in [3.8, 4) is 11.1 Å². The third-order valence-electron chi connectivity index (χ3n) is 4.94. The van der Waals surface area contributed by atoms with E-state index >= 15 is 0 Å². The van der Waals surface area contributed by atoms with E-state index in [1.807, 2.05) is 0 Å². The number of aryl methyl sites for hydroxylation is 1. The molecule has 0 N–H and O–H groups in total. The van der Waals surface area contributed by atoms with Gasteiger partial charge in [-0.15, -0.1) is 4.36 Å². The average molecular weight is 536 g/mol. The Morgan fingerprint density at radius 3 is 2.39 bits per heavy atom. The predicted molar refractivity (Wildman–Crippen MR) is 137 cm³/mol. The monoisotopic (exact) mass is 535 g/mol. The van der Waals surface area contributed by atoms with Crippen molar-refractivity contribution >= 4 is 38.2 Å². The fourth-order valence-corrected chi connectivity index (χ4v) is 5.98. The zero-order chi connectivity index (χ0) is 26.8. The third-order valence-corrected chi connectivity index (χ3v) is 8.63. The number of rotatable bonds is 5. The summed E-state index contributed by atoms with van der Waals surface area (Å²) in [6.45, 7) is 6.68. The van der Waals surface area contributed by atoms with Gasteiger partial charge in [-0.05, 0) is 57.0 Å². The molecule has 2 aromatic carbocycles. The summed E-state index contributed by atoms with van der Waals surface area (Å²) in [5.74, 6) is -1.37. The molecule has 0 spiro atoms. The van der Waals surface area contributed by atoms with Crippen LogP contribution in [-0.2, 0) is 25.7 Å². The molecule has 11 heteroatoms. The molecule has 2 amide bonds. The highest BCUT2D eigenvalue weighted by Gasteiger charge is 2.24. The Kier molecular flexibility index (Phi) is 7.94. The first-order valence-electron chi connectivity index (χ1n) is 10.9. The van der Waals surface area contributed by atoms with Gasteiger partial charge in [0, 0.05) is 18.9 Å². The van der Waals surface area contributed by atoms with Gasteiger partial charge >= 0.3 is 6.09 Å². The summed E-state index contributed by atoms with van der Waals surface area (Å²) in [7, 11) is -1.59. The molecule has 0 aliphatic carbocycles. The van der Waals surface area contributed by atoms with E-state index in [0.717, 1.165) is 29.5 Å². The minimum Gasteiger partial charge on any atom is -0.442 e. The highest BCUT2D eigenvalue weighted by molar-refractivity contribution is 7.95. The van der Waals surface area contributed by atoms with Crippen LogP contribution >= 0.6 is 11.3 Å². The Labute approximate surface area is 213 Å². The molecule has 3 rings (SSSR count).